The quantitative estimate of drug-likeness (QED) is 0.780. The molecular formula is C16H22N2O. The Labute approximate surface area is 115 Å². The van der Waals surface area contributed by atoms with E-state index < -0.39 is 0 Å². The molecule has 3 nitrogen and oxygen atoms in total. The first-order chi connectivity index (χ1) is 8.77. The summed E-state index contributed by atoms with van der Waals surface area (Å²) in [6, 6.07) is 9.72. The summed E-state index contributed by atoms with van der Waals surface area (Å²) in [5.74, 6) is -0.0861. The average Bonchev–Trinajstić information content (AvgIpc) is 2.34. The summed E-state index contributed by atoms with van der Waals surface area (Å²) in [6.07, 6.45) is 0. The van der Waals surface area contributed by atoms with Crippen molar-refractivity contribution < 1.29 is 4.79 Å². The first kappa shape index (κ1) is 15.2. The van der Waals surface area contributed by atoms with Gasteiger partial charge in [0.1, 0.15) is 6.54 Å². The lowest BCUT2D eigenvalue weighted by Gasteiger charge is -2.24. The number of carbonyl (C=O) groups excluding carboxylic acids is 1. The highest BCUT2D eigenvalue weighted by Gasteiger charge is 2.19. The second kappa shape index (κ2) is 5.88. The van der Waals surface area contributed by atoms with Gasteiger partial charge in [-0.3, -0.25) is 4.79 Å². The van der Waals surface area contributed by atoms with E-state index in [4.69, 9.17) is 5.26 Å². The lowest BCUT2D eigenvalue weighted by Crippen LogP contribution is -2.37. The van der Waals surface area contributed by atoms with Gasteiger partial charge in [0.25, 0.3) is 5.91 Å². The second-order valence-electron chi connectivity index (χ2n) is 6.01. The third-order valence-corrected chi connectivity index (χ3v) is 3.12. The predicted octanol–water partition coefficient (Wildman–Crippen LogP) is 3.36. The lowest BCUT2D eigenvalue weighted by atomic mass is 9.86. The normalized spacial score (nSPS) is 11.2. The van der Waals surface area contributed by atoms with Crippen molar-refractivity contribution in [1.29, 1.82) is 5.26 Å². The summed E-state index contributed by atoms with van der Waals surface area (Å²) in [4.78, 5) is 13.9. The molecule has 0 radical (unpaired) electrons. The molecule has 1 rings (SSSR count). The zero-order chi connectivity index (χ0) is 14.6. The molecule has 102 valence electrons. The molecule has 1 aromatic carbocycles. The van der Waals surface area contributed by atoms with Crippen LogP contribution >= 0.6 is 0 Å². The fraction of sp³-hybridized carbons (Fsp3) is 0.500. The van der Waals surface area contributed by atoms with E-state index in [9.17, 15) is 4.79 Å². The van der Waals surface area contributed by atoms with Crippen molar-refractivity contribution in [3.8, 4) is 6.07 Å². The first-order valence-electron chi connectivity index (χ1n) is 6.56. The minimum atomic E-state index is -0.0861. The smallest absolute Gasteiger partial charge is 0.254 e. The van der Waals surface area contributed by atoms with Crippen molar-refractivity contribution in [3.63, 3.8) is 0 Å². The van der Waals surface area contributed by atoms with Crippen LogP contribution in [0.3, 0.4) is 0 Å². The van der Waals surface area contributed by atoms with Gasteiger partial charge in [-0.15, -0.1) is 0 Å². The van der Waals surface area contributed by atoms with Gasteiger partial charge in [0.2, 0.25) is 0 Å². The van der Waals surface area contributed by atoms with Crippen LogP contribution in [0.4, 0.5) is 0 Å². The third kappa shape index (κ3) is 3.82. The molecule has 0 aliphatic carbocycles. The van der Waals surface area contributed by atoms with Gasteiger partial charge in [-0.05, 0) is 37.0 Å². The van der Waals surface area contributed by atoms with Gasteiger partial charge < -0.3 is 4.90 Å². The summed E-state index contributed by atoms with van der Waals surface area (Å²) >= 11 is 0. The molecule has 0 N–H and O–H groups in total. The van der Waals surface area contributed by atoms with Crippen molar-refractivity contribution in [3.05, 3.63) is 35.4 Å². The largest absolute Gasteiger partial charge is 0.323 e. The fourth-order valence-corrected chi connectivity index (χ4v) is 1.84. The molecule has 0 saturated heterocycles. The number of hydrogen-bond acceptors (Lipinski definition) is 2. The van der Waals surface area contributed by atoms with Crippen LogP contribution in [0, 0.1) is 11.3 Å². The van der Waals surface area contributed by atoms with Gasteiger partial charge in [0.05, 0.1) is 6.07 Å². The van der Waals surface area contributed by atoms with Gasteiger partial charge in [0, 0.05) is 11.6 Å². The molecule has 0 spiro atoms. The van der Waals surface area contributed by atoms with Crippen molar-refractivity contribution in [2.45, 2.75) is 46.1 Å². The number of benzene rings is 1. The highest BCUT2D eigenvalue weighted by atomic mass is 16.2. The Morgan fingerprint density at radius 1 is 1.26 bits per heavy atom. The van der Waals surface area contributed by atoms with Crippen molar-refractivity contribution in [1.82, 2.24) is 4.90 Å². The summed E-state index contributed by atoms with van der Waals surface area (Å²) in [6.45, 7) is 10.4. The van der Waals surface area contributed by atoms with E-state index in [2.05, 4.69) is 20.8 Å². The van der Waals surface area contributed by atoms with Crippen molar-refractivity contribution in [2.24, 2.45) is 0 Å². The highest BCUT2D eigenvalue weighted by molar-refractivity contribution is 5.94. The topological polar surface area (TPSA) is 44.1 Å². The van der Waals surface area contributed by atoms with Crippen LogP contribution in [0.25, 0.3) is 0 Å². The minimum Gasteiger partial charge on any atom is -0.323 e. The Morgan fingerprint density at radius 3 is 2.16 bits per heavy atom. The van der Waals surface area contributed by atoms with E-state index in [-0.39, 0.29) is 23.9 Å². The number of rotatable bonds is 3. The van der Waals surface area contributed by atoms with Crippen LogP contribution in [-0.4, -0.2) is 23.4 Å². The number of carbonyl (C=O) groups is 1. The maximum absolute atomic E-state index is 12.3. The van der Waals surface area contributed by atoms with Gasteiger partial charge in [-0.25, -0.2) is 0 Å². The summed E-state index contributed by atoms with van der Waals surface area (Å²) < 4.78 is 0. The van der Waals surface area contributed by atoms with Crippen LogP contribution in [0.5, 0.6) is 0 Å². The monoisotopic (exact) mass is 258 g/mol. The van der Waals surface area contributed by atoms with Gasteiger partial charge in [0.15, 0.2) is 0 Å². The molecule has 19 heavy (non-hydrogen) atoms. The highest BCUT2D eigenvalue weighted by Crippen LogP contribution is 2.22. The van der Waals surface area contributed by atoms with Gasteiger partial charge in [-0.1, -0.05) is 32.9 Å². The zero-order valence-corrected chi connectivity index (χ0v) is 12.4. The molecule has 0 fully saturated rings. The second-order valence-corrected chi connectivity index (χ2v) is 6.01. The van der Waals surface area contributed by atoms with Crippen molar-refractivity contribution >= 4 is 5.91 Å². The van der Waals surface area contributed by atoms with Crippen LogP contribution in [0.2, 0.25) is 0 Å². The first-order valence-corrected chi connectivity index (χ1v) is 6.56. The molecular weight excluding hydrogens is 236 g/mol. The molecule has 1 amide bonds. The number of hydrogen-bond donors (Lipinski definition) is 0. The Kier molecular flexibility index (Phi) is 4.72. The lowest BCUT2D eigenvalue weighted by molar-refractivity contribution is 0.0731. The Bertz CT molecular complexity index is 475. The molecule has 3 heteroatoms. The van der Waals surface area contributed by atoms with Gasteiger partial charge >= 0.3 is 0 Å². The Balaban J connectivity index is 2.98. The minimum absolute atomic E-state index is 0.0226. The van der Waals surface area contributed by atoms with E-state index in [0.29, 0.717) is 5.56 Å². The summed E-state index contributed by atoms with van der Waals surface area (Å²) in [5.41, 5.74) is 1.91. The molecule has 0 aliphatic rings. The zero-order valence-electron chi connectivity index (χ0n) is 12.4. The molecule has 0 bridgehead atoms. The molecule has 0 aliphatic heterocycles. The van der Waals surface area contributed by atoms with Crippen LogP contribution in [-0.2, 0) is 5.41 Å². The number of amides is 1. The SMILES string of the molecule is CC(C)N(CC#N)C(=O)c1ccc(C(C)(C)C)cc1. The predicted molar refractivity (Wildman–Crippen MR) is 76.9 cm³/mol. The van der Waals surface area contributed by atoms with E-state index in [1.54, 1.807) is 4.90 Å². The summed E-state index contributed by atoms with van der Waals surface area (Å²) in [7, 11) is 0. The van der Waals surface area contributed by atoms with Crippen LogP contribution in [0.15, 0.2) is 24.3 Å². The molecule has 0 unspecified atom stereocenters. The number of nitrogens with zero attached hydrogens (tertiary/aromatic N) is 2. The maximum Gasteiger partial charge on any atom is 0.254 e. The van der Waals surface area contributed by atoms with E-state index in [0.717, 1.165) is 0 Å². The molecule has 1 aromatic rings. The molecule has 0 atom stereocenters. The Morgan fingerprint density at radius 2 is 1.79 bits per heavy atom. The van der Waals surface area contributed by atoms with E-state index in [1.165, 1.54) is 5.56 Å². The average molecular weight is 258 g/mol. The van der Waals surface area contributed by atoms with E-state index >= 15 is 0 Å². The van der Waals surface area contributed by atoms with Crippen LogP contribution in [0.1, 0.15) is 50.5 Å². The Hall–Kier alpha value is -1.82. The third-order valence-electron chi connectivity index (χ3n) is 3.12. The number of nitriles is 1. The standard InChI is InChI=1S/C16H22N2O/c1-12(2)18(11-10-17)15(19)13-6-8-14(9-7-13)16(3,4)5/h6-9,12H,11H2,1-5H3. The molecule has 0 saturated carbocycles. The van der Waals surface area contributed by atoms with E-state index in [1.807, 2.05) is 44.2 Å². The molecule has 0 heterocycles. The fourth-order valence-electron chi connectivity index (χ4n) is 1.84. The van der Waals surface area contributed by atoms with Crippen LogP contribution < -0.4 is 0 Å². The summed E-state index contributed by atoms with van der Waals surface area (Å²) in [5, 5.41) is 8.79. The molecule has 0 aromatic heterocycles. The van der Waals surface area contributed by atoms with Gasteiger partial charge in [-0.2, -0.15) is 5.26 Å². The maximum atomic E-state index is 12.3. The van der Waals surface area contributed by atoms with Crippen molar-refractivity contribution in [2.75, 3.05) is 6.54 Å².